The SMILES string of the molecule is CC(C)Nc1c[c][nH]c(=O)n1. The fourth-order valence-electron chi connectivity index (χ4n) is 0.706. The predicted molar refractivity (Wildman–Crippen MR) is 42.5 cm³/mol. The Labute approximate surface area is 64.7 Å². The molecule has 1 aromatic rings. The molecule has 0 saturated carbocycles. The van der Waals surface area contributed by atoms with Gasteiger partial charge in [0.05, 0.1) is 6.20 Å². The summed E-state index contributed by atoms with van der Waals surface area (Å²) < 4.78 is 0. The van der Waals surface area contributed by atoms with E-state index in [1.54, 1.807) is 6.07 Å². The lowest BCUT2D eigenvalue weighted by Gasteiger charge is -2.06. The van der Waals surface area contributed by atoms with Gasteiger partial charge in [-0.15, -0.1) is 0 Å². The van der Waals surface area contributed by atoms with Crippen LogP contribution in [-0.2, 0) is 0 Å². The van der Waals surface area contributed by atoms with Crippen molar-refractivity contribution in [2.45, 2.75) is 19.9 Å². The van der Waals surface area contributed by atoms with E-state index < -0.39 is 0 Å². The van der Waals surface area contributed by atoms with Crippen LogP contribution in [0.15, 0.2) is 10.9 Å². The second kappa shape index (κ2) is 3.18. The Morgan fingerprint density at radius 2 is 2.45 bits per heavy atom. The zero-order chi connectivity index (χ0) is 8.27. The highest BCUT2D eigenvalue weighted by molar-refractivity contribution is 5.31. The van der Waals surface area contributed by atoms with Crippen molar-refractivity contribution in [3.63, 3.8) is 0 Å². The minimum absolute atomic E-state index is 0.276. The number of nitrogens with zero attached hydrogens (tertiary/aromatic N) is 1. The molecule has 1 radical (unpaired) electrons. The smallest absolute Gasteiger partial charge is 0.347 e. The molecule has 0 amide bonds. The lowest BCUT2D eigenvalue weighted by molar-refractivity contribution is 0.880. The molecule has 0 atom stereocenters. The Bertz CT molecular complexity index is 279. The highest BCUT2D eigenvalue weighted by atomic mass is 16.1. The third kappa shape index (κ3) is 2.41. The van der Waals surface area contributed by atoms with E-state index in [4.69, 9.17) is 0 Å². The molecule has 0 spiro atoms. The van der Waals surface area contributed by atoms with Gasteiger partial charge in [0.1, 0.15) is 5.82 Å². The number of hydrogen-bond acceptors (Lipinski definition) is 3. The Hall–Kier alpha value is -1.32. The average Bonchev–Trinajstić information content (AvgIpc) is 1.85. The normalized spacial score (nSPS) is 10.1. The monoisotopic (exact) mass is 152 g/mol. The van der Waals surface area contributed by atoms with Crippen LogP contribution < -0.4 is 11.0 Å². The molecular weight excluding hydrogens is 142 g/mol. The summed E-state index contributed by atoms with van der Waals surface area (Å²) in [7, 11) is 0. The molecule has 0 aromatic carbocycles. The zero-order valence-corrected chi connectivity index (χ0v) is 6.51. The largest absolute Gasteiger partial charge is 0.368 e. The molecule has 0 fully saturated rings. The number of rotatable bonds is 2. The van der Waals surface area contributed by atoms with Gasteiger partial charge in [0.15, 0.2) is 0 Å². The summed E-state index contributed by atoms with van der Waals surface area (Å²) in [5, 5.41) is 2.98. The van der Waals surface area contributed by atoms with Gasteiger partial charge in [-0.05, 0) is 13.8 Å². The molecule has 0 aliphatic rings. The molecule has 1 heterocycles. The van der Waals surface area contributed by atoms with Crippen molar-refractivity contribution < 1.29 is 0 Å². The maximum absolute atomic E-state index is 10.6. The van der Waals surface area contributed by atoms with Gasteiger partial charge >= 0.3 is 5.69 Å². The van der Waals surface area contributed by atoms with Crippen LogP contribution in [0.4, 0.5) is 5.82 Å². The molecule has 59 valence electrons. The number of hydrogen-bond donors (Lipinski definition) is 2. The second-order valence-corrected chi connectivity index (χ2v) is 2.51. The number of nitrogens with one attached hydrogen (secondary N) is 2. The van der Waals surface area contributed by atoms with Gasteiger partial charge in [0.2, 0.25) is 0 Å². The summed E-state index contributed by atoms with van der Waals surface area (Å²) in [6.45, 7) is 3.95. The maximum Gasteiger partial charge on any atom is 0.347 e. The molecule has 4 heteroatoms. The average molecular weight is 152 g/mol. The summed E-state index contributed by atoms with van der Waals surface area (Å²) in [4.78, 5) is 16.6. The summed E-state index contributed by atoms with van der Waals surface area (Å²) >= 11 is 0. The second-order valence-electron chi connectivity index (χ2n) is 2.51. The van der Waals surface area contributed by atoms with Crippen LogP contribution >= 0.6 is 0 Å². The van der Waals surface area contributed by atoms with E-state index in [1.165, 1.54) is 0 Å². The first-order chi connectivity index (χ1) is 5.18. The van der Waals surface area contributed by atoms with Gasteiger partial charge in [0.25, 0.3) is 0 Å². The van der Waals surface area contributed by atoms with Crippen molar-refractivity contribution in [3.8, 4) is 0 Å². The molecule has 0 aliphatic carbocycles. The molecule has 2 N–H and O–H groups in total. The van der Waals surface area contributed by atoms with Crippen LogP contribution in [0.1, 0.15) is 13.8 Å². The summed E-state index contributed by atoms with van der Waals surface area (Å²) in [6, 6.07) is 1.87. The first-order valence-corrected chi connectivity index (χ1v) is 3.42. The predicted octanol–water partition coefficient (Wildman–Crippen LogP) is 0.390. The van der Waals surface area contributed by atoms with E-state index in [0.29, 0.717) is 5.82 Å². The fraction of sp³-hybridized carbons (Fsp3) is 0.429. The van der Waals surface area contributed by atoms with Crippen LogP contribution in [0.5, 0.6) is 0 Å². The van der Waals surface area contributed by atoms with Gasteiger partial charge in [-0.25, -0.2) is 4.79 Å². The maximum atomic E-state index is 10.6. The molecule has 1 aromatic heterocycles. The fourth-order valence-corrected chi connectivity index (χ4v) is 0.706. The molecule has 11 heavy (non-hydrogen) atoms. The standard InChI is InChI=1S/C7H10N3O/c1-5(2)9-6-3-4-8-7(11)10-6/h3,5H,1-2H3,(H2,8,9,10,11). The minimum atomic E-state index is -0.379. The van der Waals surface area contributed by atoms with Crippen LogP contribution in [0, 0.1) is 6.20 Å². The lowest BCUT2D eigenvalue weighted by Crippen LogP contribution is -2.16. The van der Waals surface area contributed by atoms with Crippen molar-refractivity contribution in [1.82, 2.24) is 9.97 Å². The molecule has 0 bridgehead atoms. The van der Waals surface area contributed by atoms with Gasteiger partial charge in [-0.1, -0.05) is 0 Å². The van der Waals surface area contributed by atoms with E-state index >= 15 is 0 Å². The number of aromatic amines is 1. The topological polar surface area (TPSA) is 57.8 Å². The molecule has 1 rings (SSSR count). The third-order valence-corrected chi connectivity index (χ3v) is 1.05. The van der Waals surface area contributed by atoms with Gasteiger partial charge in [-0.2, -0.15) is 4.98 Å². The van der Waals surface area contributed by atoms with E-state index in [-0.39, 0.29) is 11.7 Å². The molecule has 0 unspecified atom stereocenters. The van der Waals surface area contributed by atoms with E-state index in [9.17, 15) is 4.79 Å². The van der Waals surface area contributed by atoms with Crippen LogP contribution in [0.3, 0.4) is 0 Å². The van der Waals surface area contributed by atoms with Crippen LogP contribution in [0.2, 0.25) is 0 Å². The molecular formula is C7H10N3O. The minimum Gasteiger partial charge on any atom is -0.368 e. The Morgan fingerprint density at radius 3 is 3.00 bits per heavy atom. The molecule has 4 nitrogen and oxygen atoms in total. The quantitative estimate of drug-likeness (QED) is 0.644. The molecule has 0 saturated heterocycles. The van der Waals surface area contributed by atoms with Gasteiger partial charge in [0, 0.05) is 12.1 Å². The Morgan fingerprint density at radius 1 is 1.73 bits per heavy atom. The van der Waals surface area contributed by atoms with Gasteiger partial charge < -0.3 is 10.3 Å². The van der Waals surface area contributed by atoms with Crippen molar-refractivity contribution in [3.05, 3.63) is 22.7 Å². The van der Waals surface area contributed by atoms with Crippen molar-refractivity contribution in [2.75, 3.05) is 5.32 Å². The van der Waals surface area contributed by atoms with Crippen molar-refractivity contribution in [2.24, 2.45) is 0 Å². The number of anilines is 1. The summed E-state index contributed by atoms with van der Waals surface area (Å²) in [6.07, 6.45) is 2.57. The number of aromatic nitrogens is 2. The van der Waals surface area contributed by atoms with E-state index in [1.807, 2.05) is 13.8 Å². The zero-order valence-electron chi connectivity index (χ0n) is 6.51. The molecule has 0 aliphatic heterocycles. The lowest BCUT2D eigenvalue weighted by atomic mass is 10.4. The van der Waals surface area contributed by atoms with Crippen LogP contribution in [-0.4, -0.2) is 16.0 Å². The van der Waals surface area contributed by atoms with Crippen molar-refractivity contribution >= 4 is 5.82 Å². The van der Waals surface area contributed by atoms with E-state index in [0.717, 1.165) is 0 Å². The van der Waals surface area contributed by atoms with E-state index in [2.05, 4.69) is 21.5 Å². The van der Waals surface area contributed by atoms with Crippen LogP contribution in [0.25, 0.3) is 0 Å². The Kier molecular flexibility index (Phi) is 2.25. The first kappa shape index (κ1) is 7.78. The third-order valence-electron chi connectivity index (χ3n) is 1.05. The number of H-pyrrole nitrogens is 1. The first-order valence-electron chi connectivity index (χ1n) is 3.42. The highest BCUT2D eigenvalue weighted by Gasteiger charge is 1.95. The Balaban J connectivity index is 2.80. The highest BCUT2D eigenvalue weighted by Crippen LogP contribution is 1.97. The van der Waals surface area contributed by atoms with Gasteiger partial charge in [-0.3, -0.25) is 0 Å². The van der Waals surface area contributed by atoms with Crippen molar-refractivity contribution in [1.29, 1.82) is 0 Å². The summed E-state index contributed by atoms with van der Waals surface area (Å²) in [5.41, 5.74) is -0.379. The summed E-state index contributed by atoms with van der Waals surface area (Å²) in [5.74, 6) is 0.559.